The Morgan fingerprint density at radius 1 is 1.05 bits per heavy atom. The van der Waals surface area contributed by atoms with Gasteiger partial charge in [0.05, 0.1) is 20.2 Å². The maximum atomic E-state index is 10.1. The Hall–Kier alpha value is -1.26. The van der Waals surface area contributed by atoms with Crippen LogP contribution in [0, 0.1) is 0 Å². The van der Waals surface area contributed by atoms with Crippen molar-refractivity contribution in [3.63, 3.8) is 0 Å². The largest absolute Gasteiger partial charge is 0.497 e. The molecule has 1 aliphatic heterocycles. The highest BCUT2D eigenvalue weighted by atomic mass is 16.5. The van der Waals surface area contributed by atoms with E-state index in [1.807, 2.05) is 24.3 Å². The van der Waals surface area contributed by atoms with Crippen LogP contribution in [0.1, 0.15) is 25.7 Å². The summed E-state index contributed by atoms with van der Waals surface area (Å²) in [5.74, 6) is 1.59. The van der Waals surface area contributed by atoms with Crippen molar-refractivity contribution < 1.29 is 19.5 Å². The number of methoxy groups -OCH3 is 1. The zero-order valence-corrected chi connectivity index (χ0v) is 12.3. The van der Waals surface area contributed by atoms with Crippen molar-refractivity contribution in [2.24, 2.45) is 0 Å². The van der Waals surface area contributed by atoms with Crippen molar-refractivity contribution >= 4 is 0 Å². The second-order valence-electron chi connectivity index (χ2n) is 5.51. The van der Waals surface area contributed by atoms with E-state index in [0.29, 0.717) is 6.61 Å². The average molecular weight is 280 g/mol. The fraction of sp³-hybridized carbons (Fsp3) is 0.625. The van der Waals surface area contributed by atoms with E-state index in [-0.39, 0.29) is 0 Å². The third-order valence-electron chi connectivity index (χ3n) is 3.84. The first-order valence-corrected chi connectivity index (χ1v) is 7.56. The van der Waals surface area contributed by atoms with Crippen molar-refractivity contribution in [3.05, 3.63) is 24.3 Å². The van der Waals surface area contributed by atoms with Gasteiger partial charge in [0.2, 0.25) is 0 Å². The topological polar surface area (TPSA) is 43.1 Å². The molecule has 2 N–H and O–H groups in total. The van der Waals surface area contributed by atoms with Gasteiger partial charge in [-0.25, -0.2) is 0 Å². The van der Waals surface area contributed by atoms with Crippen LogP contribution in [0.5, 0.6) is 11.5 Å². The molecule has 1 heterocycles. The van der Waals surface area contributed by atoms with E-state index in [2.05, 4.69) is 0 Å². The van der Waals surface area contributed by atoms with Gasteiger partial charge in [0.1, 0.15) is 30.8 Å². The molecule has 0 unspecified atom stereocenters. The molecule has 112 valence electrons. The number of rotatable bonds is 6. The van der Waals surface area contributed by atoms with Gasteiger partial charge in [0, 0.05) is 0 Å². The fourth-order valence-corrected chi connectivity index (χ4v) is 2.69. The van der Waals surface area contributed by atoms with Crippen LogP contribution in [-0.2, 0) is 0 Å². The maximum absolute atomic E-state index is 10.1. The molecule has 4 heteroatoms. The molecule has 1 aromatic rings. The Morgan fingerprint density at radius 2 is 1.65 bits per heavy atom. The van der Waals surface area contributed by atoms with Crippen molar-refractivity contribution in [1.82, 2.24) is 0 Å². The molecular formula is C16H26NO3+. The lowest BCUT2D eigenvalue weighted by atomic mass is 10.2. The summed E-state index contributed by atoms with van der Waals surface area (Å²) in [6.45, 7) is 3.51. The third kappa shape index (κ3) is 5.02. The van der Waals surface area contributed by atoms with Gasteiger partial charge in [-0.3, -0.25) is 0 Å². The molecule has 0 bridgehead atoms. The molecule has 2 rings (SSSR count). The Balaban J connectivity index is 1.71. The van der Waals surface area contributed by atoms with Gasteiger partial charge >= 0.3 is 0 Å². The number of hydrogen-bond donors (Lipinski definition) is 2. The number of aliphatic hydroxyl groups is 1. The molecule has 0 spiro atoms. The Morgan fingerprint density at radius 3 is 2.25 bits per heavy atom. The van der Waals surface area contributed by atoms with Crippen molar-refractivity contribution in [2.45, 2.75) is 31.8 Å². The Kier molecular flexibility index (Phi) is 6.15. The highest BCUT2D eigenvalue weighted by Crippen LogP contribution is 2.16. The van der Waals surface area contributed by atoms with Gasteiger partial charge in [-0.15, -0.1) is 0 Å². The summed E-state index contributed by atoms with van der Waals surface area (Å²) in [5, 5.41) is 10.1. The second kappa shape index (κ2) is 8.12. The molecule has 0 radical (unpaired) electrons. The zero-order valence-electron chi connectivity index (χ0n) is 12.3. The number of likely N-dealkylation sites (tertiary alicyclic amines) is 1. The molecule has 20 heavy (non-hydrogen) atoms. The van der Waals surface area contributed by atoms with E-state index in [4.69, 9.17) is 9.47 Å². The minimum absolute atomic E-state index is 0.357. The lowest BCUT2D eigenvalue weighted by molar-refractivity contribution is -0.902. The molecule has 0 saturated carbocycles. The molecule has 1 saturated heterocycles. The number of hydrogen-bond acceptors (Lipinski definition) is 3. The minimum atomic E-state index is -0.398. The van der Waals surface area contributed by atoms with Crippen LogP contribution in [0.2, 0.25) is 0 Å². The van der Waals surface area contributed by atoms with Crippen molar-refractivity contribution in [3.8, 4) is 11.5 Å². The number of nitrogens with one attached hydrogen (secondary N) is 1. The Labute approximate surface area is 121 Å². The molecule has 0 aromatic heterocycles. The monoisotopic (exact) mass is 280 g/mol. The molecule has 1 atom stereocenters. The molecule has 1 fully saturated rings. The van der Waals surface area contributed by atoms with Crippen molar-refractivity contribution in [2.75, 3.05) is 33.4 Å². The number of benzene rings is 1. The average Bonchev–Trinajstić information content (AvgIpc) is 2.74. The molecular weight excluding hydrogens is 254 g/mol. The van der Waals surface area contributed by atoms with Gasteiger partial charge < -0.3 is 19.5 Å². The van der Waals surface area contributed by atoms with Crippen LogP contribution in [-0.4, -0.2) is 44.6 Å². The van der Waals surface area contributed by atoms with Gasteiger partial charge in [0.25, 0.3) is 0 Å². The number of ether oxygens (including phenoxy) is 2. The Bertz CT molecular complexity index is 372. The molecule has 1 aliphatic rings. The van der Waals surface area contributed by atoms with E-state index >= 15 is 0 Å². The maximum Gasteiger partial charge on any atom is 0.137 e. The summed E-state index contributed by atoms with van der Waals surface area (Å²) in [6, 6.07) is 7.46. The summed E-state index contributed by atoms with van der Waals surface area (Å²) in [5.41, 5.74) is 0. The smallest absolute Gasteiger partial charge is 0.137 e. The summed E-state index contributed by atoms with van der Waals surface area (Å²) in [6.07, 6.45) is 4.83. The molecule has 0 aliphatic carbocycles. The molecule has 1 aromatic carbocycles. The summed E-state index contributed by atoms with van der Waals surface area (Å²) < 4.78 is 10.7. The summed E-state index contributed by atoms with van der Waals surface area (Å²) in [4.78, 5) is 1.51. The first-order valence-electron chi connectivity index (χ1n) is 7.56. The third-order valence-corrected chi connectivity index (χ3v) is 3.84. The normalized spacial score (nSPS) is 18.3. The van der Waals surface area contributed by atoms with Crippen LogP contribution in [0.15, 0.2) is 24.3 Å². The first kappa shape index (κ1) is 15.1. The lowest BCUT2D eigenvalue weighted by Crippen LogP contribution is -3.13. The van der Waals surface area contributed by atoms with E-state index in [1.54, 1.807) is 7.11 Å². The SMILES string of the molecule is COc1ccc(OC[C@@H](O)C[NH+]2CCCCCC2)cc1. The first-order chi connectivity index (χ1) is 9.78. The van der Waals surface area contributed by atoms with Crippen LogP contribution >= 0.6 is 0 Å². The summed E-state index contributed by atoms with van der Waals surface area (Å²) >= 11 is 0. The van der Waals surface area contributed by atoms with E-state index in [0.717, 1.165) is 18.0 Å². The molecule has 4 nitrogen and oxygen atoms in total. The fourth-order valence-electron chi connectivity index (χ4n) is 2.69. The zero-order chi connectivity index (χ0) is 14.2. The van der Waals surface area contributed by atoms with Gasteiger partial charge in [-0.1, -0.05) is 0 Å². The minimum Gasteiger partial charge on any atom is -0.497 e. The number of quaternary nitrogens is 1. The highest BCUT2D eigenvalue weighted by Gasteiger charge is 2.17. The standard InChI is InChI=1S/C16H25NO3/c1-19-15-6-8-16(9-7-15)20-13-14(18)12-17-10-4-2-3-5-11-17/h6-9,14,18H,2-5,10-13H2,1H3/p+1/t14-/m0/s1. The number of aliphatic hydroxyl groups excluding tert-OH is 1. The predicted molar refractivity (Wildman–Crippen MR) is 78.5 cm³/mol. The van der Waals surface area contributed by atoms with Gasteiger partial charge in [-0.05, 0) is 49.9 Å². The van der Waals surface area contributed by atoms with E-state index in [1.165, 1.54) is 43.7 Å². The van der Waals surface area contributed by atoms with E-state index in [9.17, 15) is 5.11 Å². The van der Waals surface area contributed by atoms with Crippen LogP contribution in [0.3, 0.4) is 0 Å². The van der Waals surface area contributed by atoms with Gasteiger partial charge in [-0.2, -0.15) is 0 Å². The van der Waals surface area contributed by atoms with Gasteiger partial charge in [0.15, 0.2) is 0 Å². The second-order valence-corrected chi connectivity index (χ2v) is 5.51. The quantitative estimate of drug-likeness (QED) is 0.813. The highest BCUT2D eigenvalue weighted by molar-refractivity contribution is 5.31. The van der Waals surface area contributed by atoms with Crippen molar-refractivity contribution in [1.29, 1.82) is 0 Å². The predicted octanol–water partition coefficient (Wildman–Crippen LogP) is 0.894. The van der Waals surface area contributed by atoms with E-state index < -0.39 is 6.10 Å². The van der Waals surface area contributed by atoms with Crippen LogP contribution in [0.4, 0.5) is 0 Å². The van der Waals surface area contributed by atoms with Crippen LogP contribution in [0.25, 0.3) is 0 Å². The molecule has 0 amide bonds. The van der Waals surface area contributed by atoms with Crippen LogP contribution < -0.4 is 14.4 Å². The summed E-state index contributed by atoms with van der Waals surface area (Å²) in [7, 11) is 1.64. The lowest BCUT2D eigenvalue weighted by Gasteiger charge is -2.20.